The minimum absolute atomic E-state index is 0.106. The van der Waals surface area contributed by atoms with Crippen LogP contribution in [0.15, 0.2) is 24.3 Å². The summed E-state index contributed by atoms with van der Waals surface area (Å²) in [6, 6.07) is 4.69. The molecule has 0 aliphatic rings. The second-order valence-corrected chi connectivity index (χ2v) is 3.08. The monoisotopic (exact) mass is 210 g/mol. The Hall–Kier alpha value is -1.91. The van der Waals surface area contributed by atoms with Crippen molar-refractivity contribution in [3.8, 4) is 0 Å². The van der Waals surface area contributed by atoms with Crippen LogP contribution in [0.25, 0.3) is 0 Å². The van der Waals surface area contributed by atoms with Crippen LogP contribution in [0, 0.1) is 5.82 Å². The Balaban J connectivity index is 2.78. The molecule has 2 amide bonds. The number of hydrogen-bond acceptors (Lipinski definition) is 2. The zero-order valence-corrected chi connectivity index (χ0v) is 8.16. The van der Waals surface area contributed by atoms with Gasteiger partial charge in [-0.25, -0.2) is 4.39 Å². The summed E-state index contributed by atoms with van der Waals surface area (Å²) >= 11 is 0. The molecule has 0 heterocycles. The highest BCUT2D eigenvalue weighted by Crippen LogP contribution is 2.05. The first-order chi connectivity index (χ1) is 7.02. The van der Waals surface area contributed by atoms with Crippen LogP contribution in [0.1, 0.15) is 17.3 Å². The number of halogens is 1. The molecule has 5 heteroatoms. The Bertz CT molecular complexity index is 393. The van der Waals surface area contributed by atoms with Gasteiger partial charge < -0.3 is 11.1 Å². The Morgan fingerprint density at radius 2 is 2.00 bits per heavy atom. The molecule has 3 N–H and O–H groups in total. The Morgan fingerprint density at radius 1 is 1.40 bits per heavy atom. The van der Waals surface area contributed by atoms with Crippen LogP contribution in [-0.2, 0) is 4.79 Å². The molecule has 0 saturated heterocycles. The third kappa shape index (κ3) is 2.77. The van der Waals surface area contributed by atoms with E-state index in [1.165, 1.54) is 31.2 Å². The first-order valence-electron chi connectivity index (χ1n) is 4.37. The lowest BCUT2D eigenvalue weighted by Crippen LogP contribution is -2.42. The average Bonchev–Trinajstić information content (AvgIpc) is 2.18. The highest BCUT2D eigenvalue weighted by molar-refractivity contribution is 5.97. The summed E-state index contributed by atoms with van der Waals surface area (Å²) < 4.78 is 13.1. The number of rotatable bonds is 3. The van der Waals surface area contributed by atoms with Gasteiger partial charge in [-0.3, -0.25) is 9.59 Å². The molecule has 0 aliphatic heterocycles. The zero-order valence-electron chi connectivity index (χ0n) is 8.16. The van der Waals surface area contributed by atoms with E-state index in [0.29, 0.717) is 0 Å². The van der Waals surface area contributed by atoms with E-state index >= 15 is 0 Å². The summed E-state index contributed by atoms with van der Waals surface area (Å²) in [5.74, 6) is -1.95. The molecule has 0 spiro atoms. The Labute approximate surface area is 86.3 Å². The van der Waals surface area contributed by atoms with E-state index in [2.05, 4.69) is 5.32 Å². The van der Waals surface area contributed by atoms with Gasteiger partial charge >= 0.3 is 0 Å². The van der Waals surface area contributed by atoms with Gasteiger partial charge in [-0.1, -0.05) is 12.1 Å². The molecule has 4 nitrogen and oxygen atoms in total. The molecule has 0 fully saturated rings. The molecule has 80 valence electrons. The van der Waals surface area contributed by atoms with Gasteiger partial charge in [0, 0.05) is 0 Å². The predicted molar refractivity (Wildman–Crippen MR) is 52.5 cm³/mol. The number of hydrogen-bond donors (Lipinski definition) is 2. The number of nitrogens with one attached hydrogen (secondary N) is 1. The number of amides is 2. The first-order valence-corrected chi connectivity index (χ1v) is 4.37. The summed E-state index contributed by atoms with van der Waals surface area (Å²) in [5.41, 5.74) is 4.85. The van der Waals surface area contributed by atoms with Gasteiger partial charge in [-0.2, -0.15) is 0 Å². The van der Waals surface area contributed by atoms with Crippen LogP contribution in [-0.4, -0.2) is 17.9 Å². The van der Waals surface area contributed by atoms with Gasteiger partial charge in [-0.05, 0) is 19.1 Å². The van der Waals surface area contributed by atoms with Crippen LogP contribution in [0.3, 0.4) is 0 Å². The Morgan fingerprint density at radius 3 is 2.53 bits per heavy atom. The van der Waals surface area contributed by atoms with Gasteiger partial charge in [0.15, 0.2) is 0 Å². The number of nitrogens with two attached hydrogens (primary N) is 1. The van der Waals surface area contributed by atoms with E-state index in [4.69, 9.17) is 5.73 Å². The highest BCUT2D eigenvalue weighted by Gasteiger charge is 2.15. The van der Waals surface area contributed by atoms with E-state index in [0.717, 1.165) is 0 Å². The molecule has 0 unspecified atom stereocenters. The van der Waals surface area contributed by atoms with Crippen molar-refractivity contribution < 1.29 is 14.0 Å². The molecule has 1 aromatic carbocycles. The number of primary amides is 1. The maximum absolute atomic E-state index is 13.1. The molecule has 15 heavy (non-hydrogen) atoms. The van der Waals surface area contributed by atoms with Crippen molar-refractivity contribution in [3.63, 3.8) is 0 Å². The second kappa shape index (κ2) is 4.54. The highest BCUT2D eigenvalue weighted by atomic mass is 19.1. The molecule has 1 aromatic rings. The minimum atomic E-state index is -0.822. The normalized spacial score (nSPS) is 11.9. The third-order valence-electron chi connectivity index (χ3n) is 1.89. The molecule has 0 radical (unpaired) electrons. The largest absolute Gasteiger partial charge is 0.368 e. The average molecular weight is 210 g/mol. The standard InChI is InChI=1S/C10H11FN2O2/c1-6(9(12)14)13-10(15)7-4-2-3-5-8(7)11/h2-6H,1H3,(H2,12,14)(H,13,15)/t6-/m1/s1. The molecule has 0 saturated carbocycles. The van der Waals surface area contributed by atoms with E-state index in [-0.39, 0.29) is 5.56 Å². The van der Waals surface area contributed by atoms with Crippen molar-refractivity contribution in [2.45, 2.75) is 13.0 Å². The third-order valence-corrected chi connectivity index (χ3v) is 1.89. The van der Waals surface area contributed by atoms with E-state index in [1.54, 1.807) is 0 Å². The van der Waals surface area contributed by atoms with Crippen molar-refractivity contribution >= 4 is 11.8 Å². The molecule has 0 bridgehead atoms. The first kappa shape index (κ1) is 11.2. The quantitative estimate of drug-likeness (QED) is 0.759. The van der Waals surface area contributed by atoms with Gasteiger partial charge in [0.1, 0.15) is 11.9 Å². The van der Waals surface area contributed by atoms with Crippen molar-refractivity contribution in [2.75, 3.05) is 0 Å². The zero-order chi connectivity index (χ0) is 11.4. The SMILES string of the molecule is C[C@@H](NC(=O)c1ccccc1F)C(N)=O. The van der Waals surface area contributed by atoms with Gasteiger partial charge in [0.25, 0.3) is 5.91 Å². The van der Waals surface area contributed by atoms with Gasteiger partial charge in [-0.15, -0.1) is 0 Å². The van der Waals surface area contributed by atoms with Crippen molar-refractivity contribution in [1.29, 1.82) is 0 Å². The van der Waals surface area contributed by atoms with Crippen LogP contribution in [0.4, 0.5) is 4.39 Å². The Kier molecular flexibility index (Phi) is 3.38. The predicted octanol–water partition coefficient (Wildman–Crippen LogP) is 0.429. The summed E-state index contributed by atoms with van der Waals surface area (Å²) in [6.07, 6.45) is 0. The summed E-state index contributed by atoms with van der Waals surface area (Å²) in [4.78, 5) is 22.1. The van der Waals surface area contributed by atoms with Crippen molar-refractivity contribution in [1.82, 2.24) is 5.32 Å². The van der Waals surface area contributed by atoms with Crippen LogP contribution < -0.4 is 11.1 Å². The van der Waals surface area contributed by atoms with Crippen LogP contribution >= 0.6 is 0 Å². The molecule has 1 rings (SSSR count). The molecular weight excluding hydrogens is 199 g/mol. The molecule has 0 aliphatic carbocycles. The van der Waals surface area contributed by atoms with Crippen molar-refractivity contribution in [3.05, 3.63) is 35.6 Å². The summed E-state index contributed by atoms with van der Waals surface area (Å²) in [6.45, 7) is 1.43. The smallest absolute Gasteiger partial charge is 0.254 e. The summed E-state index contributed by atoms with van der Waals surface area (Å²) in [5, 5.41) is 2.28. The molecule has 0 aromatic heterocycles. The second-order valence-electron chi connectivity index (χ2n) is 3.08. The molecular formula is C10H11FN2O2. The number of carbonyl (C=O) groups is 2. The van der Waals surface area contributed by atoms with E-state index in [9.17, 15) is 14.0 Å². The summed E-state index contributed by atoms with van der Waals surface area (Å²) in [7, 11) is 0. The maximum atomic E-state index is 13.1. The topological polar surface area (TPSA) is 72.2 Å². The number of carbonyl (C=O) groups excluding carboxylic acids is 2. The van der Waals surface area contributed by atoms with Crippen LogP contribution in [0.2, 0.25) is 0 Å². The fraction of sp³-hybridized carbons (Fsp3) is 0.200. The molecule has 1 atom stereocenters. The lowest BCUT2D eigenvalue weighted by Gasteiger charge is -2.10. The maximum Gasteiger partial charge on any atom is 0.254 e. The lowest BCUT2D eigenvalue weighted by atomic mass is 10.2. The fourth-order valence-corrected chi connectivity index (χ4v) is 0.991. The fourth-order valence-electron chi connectivity index (χ4n) is 0.991. The van der Waals surface area contributed by atoms with E-state index in [1.807, 2.05) is 0 Å². The lowest BCUT2D eigenvalue weighted by molar-refractivity contribution is -0.119. The van der Waals surface area contributed by atoms with E-state index < -0.39 is 23.7 Å². The number of benzene rings is 1. The van der Waals surface area contributed by atoms with Gasteiger partial charge in [0.2, 0.25) is 5.91 Å². The minimum Gasteiger partial charge on any atom is -0.368 e. The van der Waals surface area contributed by atoms with Crippen molar-refractivity contribution in [2.24, 2.45) is 5.73 Å². The van der Waals surface area contributed by atoms with Crippen LogP contribution in [0.5, 0.6) is 0 Å². The van der Waals surface area contributed by atoms with Gasteiger partial charge in [0.05, 0.1) is 5.56 Å².